The van der Waals surface area contributed by atoms with Gasteiger partial charge in [-0.2, -0.15) is 0 Å². The van der Waals surface area contributed by atoms with Gasteiger partial charge < -0.3 is 14.9 Å². The molecule has 172 valence electrons. The van der Waals surface area contributed by atoms with Crippen LogP contribution in [0.1, 0.15) is 89.3 Å². The minimum absolute atomic E-state index is 0.144. The monoisotopic (exact) mass is 426 g/mol. The Bertz CT molecular complexity index is 844. The molecule has 0 saturated heterocycles. The molecule has 1 aromatic carbocycles. The number of allylic oxidation sites excluding steroid dienone is 5. The van der Waals surface area contributed by atoms with Crippen molar-refractivity contribution in [3.8, 4) is 11.5 Å². The highest BCUT2D eigenvalue weighted by atomic mass is 16.5. The molecule has 1 unspecified atom stereocenters. The molecule has 1 heterocycles. The van der Waals surface area contributed by atoms with Gasteiger partial charge in [0.25, 0.3) is 0 Å². The highest BCUT2D eigenvalue weighted by Crippen LogP contribution is 2.41. The Labute approximate surface area is 189 Å². The smallest absolute Gasteiger partial charge is 0.126 e. The van der Waals surface area contributed by atoms with E-state index < -0.39 is 0 Å². The highest BCUT2D eigenvalue weighted by molar-refractivity contribution is 5.53. The molecular formula is C28H42O3. The zero-order chi connectivity index (χ0) is 23.0. The zero-order valence-electron chi connectivity index (χ0n) is 20.5. The second kappa shape index (κ2) is 11.6. The van der Waals surface area contributed by atoms with E-state index >= 15 is 0 Å². The second-order valence-electron chi connectivity index (χ2n) is 9.61. The van der Waals surface area contributed by atoms with Crippen LogP contribution >= 0.6 is 0 Å². The lowest BCUT2D eigenvalue weighted by atomic mass is 9.87. The van der Waals surface area contributed by atoms with Gasteiger partial charge in [-0.1, -0.05) is 34.9 Å². The standard InChI is InChI=1S/C28H42O3/c1-20(12-8-13-22(3)19-29)10-7-11-21(2)14-9-16-28(6)17-15-25-18-26(30)23(4)24(5)27(25)31-28/h10,13-14,18,29-30H,7-9,11-12,15-17,19H2,1-6H3/b20-10+,21-14+,22-13-. The Morgan fingerprint density at radius 2 is 1.55 bits per heavy atom. The normalized spacial score (nSPS) is 19.9. The summed E-state index contributed by atoms with van der Waals surface area (Å²) in [5.41, 5.74) is 6.89. The average Bonchev–Trinajstić information content (AvgIpc) is 2.72. The van der Waals surface area contributed by atoms with Crippen LogP contribution in [0.15, 0.2) is 41.0 Å². The summed E-state index contributed by atoms with van der Waals surface area (Å²) in [4.78, 5) is 0. The number of fused-ring (bicyclic) bond motifs is 1. The van der Waals surface area contributed by atoms with Gasteiger partial charge in [-0.15, -0.1) is 0 Å². The Hall–Kier alpha value is -2.00. The molecule has 3 heteroatoms. The number of hydrogen-bond acceptors (Lipinski definition) is 3. The van der Waals surface area contributed by atoms with E-state index in [9.17, 15) is 5.11 Å². The van der Waals surface area contributed by atoms with Crippen LogP contribution in [0.4, 0.5) is 0 Å². The molecule has 0 aliphatic carbocycles. The third kappa shape index (κ3) is 7.57. The average molecular weight is 427 g/mol. The highest BCUT2D eigenvalue weighted by Gasteiger charge is 2.32. The van der Waals surface area contributed by atoms with Crippen LogP contribution < -0.4 is 4.74 Å². The van der Waals surface area contributed by atoms with Crippen LogP contribution in [-0.2, 0) is 6.42 Å². The summed E-state index contributed by atoms with van der Waals surface area (Å²) in [5, 5.41) is 19.1. The number of phenols is 1. The van der Waals surface area contributed by atoms with Gasteiger partial charge in [-0.3, -0.25) is 0 Å². The van der Waals surface area contributed by atoms with Crippen LogP contribution in [-0.4, -0.2) is 22.4 Å². The van der Waals surface area contributed by atoms with E-state index in [1.54, 1.807) is 0 Å². The summed E-state index contributed by atoms with van der Waals surface area (Å²) >= 11 is 0. The predicted molar refractivity (Wildman–Crippen MR) is 131 cm³/mol. The summed E-state index contributed by atoms with van der Waals surface area (Å²) in [6, 6.07) is 1.88. The summed E-state index contributed by atoms with van der Waals surface area (Å²) in [5.74, 6) is 1.36. The largest absolute Gasteiger partial charge is 0.508 e. The summed E-state index contributed by atoms with van der Waals surface area (Å²) < 4.78 is 6.47. The molecule has 0 saturated carbocycles. The molecule has 31 heavy (non-hydrogen) atoms. The number of benzene rings is 1. The molecule has 2 rings (SSSR count). The first-order valence-corrected chi connectivity index (χ1v) is 11.7. The van der Waals surface area contributed by atoms with E-state index in [0.717, 1.165) is 79.4 Å². The molecule has 0 aromatic heterocycles. The van der Waals surface area contributed by atoms with Crippen LogP contribution in [0, 0.1) is 13.8 Å². The predicted octanol–water partition coefficient (Wildman–Crippen LogP) is 7.26. The van der Waals surface area contributed by atoms with Crippen molar-refractivity contribution >= 4 is 0 Å². The van der Waals surface area contributed by atoms with Gasteiger partial charge in [0, 0.05) is 0 Å². The third-order valence-corrected chi connectivity index (χ3v) is 6.64. The van der Waals surface area contributed by atoms with Gasteiger partial charge >= 0.3 is 0 Å². The lowest BCUT2D eigenvalue weighted by Gasteiger charge is -2.37. The number of aromatic hydroxyl groups is 1. The van der Waals surface area contributed by atoms with Gasteiger partial charge in [0.1, 0.15) is 17.1 Å². The molecule has 1 aliphatic heterocycles. The number of rotatable bonds is 10. The van der Waals surface area contributed by atoms with Gasteiger partial charge in [-0.05, 0) is 116 Å². The van der Waals surface area contributed by atoms with Crippen molar-refractivity contribution in [3.63, 3.8) is 0 Å². The first-order chi connectivity index (χ1) is 14.6. The molecule has 3 nitrogen and oxygen atoms in total. The van der Waals surface area contributed by atoms with Crippen molar-refractivity contribution in [1.82, 2.24) is 0 Å². The van der Waals surface area contributed by atoms with Crippen LogP contribution in [0.5, 0.6) is 11.5 Å². The van der Waals surface area contributed by atoms with Crippen molar-refractivity contribution in [2.24, 2.45) is 0 Å². The van der Waals surface area contributed by atoms with Gasteiger partial charge in [0.05, 0.1) is 6.61 Å². The Morgan fingerprint density at radius 1 is 0.968 bits per heavy atom. The van der Waals surface area contributed by atoms with Crippen molar-refractivity contribution in [3.05, 3.63) is 57.7 Å². The Morgan fingerprint density at radius 3 is 2.16 bits per heavy atom. The fraction of sp³-hybridized carbons (Fsp3) is 0.571. The maximum absolute atomic E-state index is 10.1. The van der Waals surface area contributed by atoms with E-state index in [1.165, 1.54) is 11.1 Å². The van der Waals surface area contributed by atoms with E-state index in [2.05, 4.69) is 39.0 Å². The summed E-state index contributed by atoms with van der Waals surface area (Å²) in [6.45, 7) is 12.8. The van der Waals surface area contributed by atoms with Crippen molar-refractivity contribution in [2.45, 2.75) is 98.5 Å². The minimum Gasteiger partial charge on any atom is -0.508 e. The lowest BCUT2D eigenvalue weighted by Crippen LogP contribution is -2.36. The molecule has 2 N–H and O–H groups in total. The number of aliphatic hydroxyl groups excluding tert-OH is 1. The molecule has 1 atom stereocenters. The molecule has 0 bridgehead atoms. The quantitative estimate of drug-likeness (QED) is 0.387. The van der Waals surface area contributed by atoms with Crippen LogP contribution in [0.2, 0.25) is 0 Å². The molecule has 0 spiro atoms. The molecule has 0 amide bonds. The molecule has 1 aromatic rings. The van der Waals surface area contributed by atoms with Crippen LogP contribution in [0.25, 0.3) is 0 Å². The number of phenolic OH excluding ortho intramolecular Hbond substituents is 1. The van der Waals surface area contributed by atoms with Crippen molar-refractivity contribution < 1.29 is 14.9 Å². The fourth-order valence-electron chi connectivity index (χ4n) is 4.13. The first-order valence-electron chi connectivity index (χ1n) is 11.7. The number of hydrogen-bond donors (Lipinski definition) is 2. The van der Waals surface area contributed by atoms with E-state index in [-0.39, 0.29) is 12.2 Å². The molecule has 1 aliphatic rings. The molecule has 0 radical (unpaired) electrons. The number of ether oxygens (including phenoxy) is 1. The third-order valence-electron chi connectivity index (χ3n) is 6.64. The minimum atomic E-state index is -0.144. The van der Waals surface area contributed by atoms with Crippen molar-refractivity contribution in [1.29, 1.82) is 0 Å². The maximum Gasteiger partial charge on any atom is 0.126 e. The SMILES string of the molecule is C/C(=C/CC/C(C)=C/CC/C(C)=C/CCC1(C)CCc2cc(O)c(C)c(C)c2O1)CO. The number of aryl methyl sites for hydroxylation is 1. The van der Waals surface area contributed by atoms with E-state index in [1.807, 2.05) is 26.8 Å². The maximum atomic E-state index is 10.1. The lowest BCUT2D eigenvalue weighted by molar-refractivity contribution is 0.0560. The Kier molecular flexibility index (Phi) is 9.43. The second-order valence-corrected chi connectivity index (χ2v) is 9.61. The van der Waals surface area contributed by atoms with Gasteiger partial charge in [0.15, 0.2) is 0 Å². The van der Waals surface area contributed by atoms with Crippen LogP contribution in [0.3, 0.4) is 0 Å². The van der Waals surface area contributed by atoms with Gasteiger partial charge in [-0.25, -0.2) is 0 Å². The zero-order valence-corrected chi connectivity index (χ0v) is 20.5. The van der Waals surface area contributed by atoms with Gasteiger partial charge in [0.2, 0.25) is 0 Å². The molecular weight excluding hydrogens is 384 g/mol. The Balaban J connectivity index is 1.81. The van der Waals surface area contributed by atoms with E-state index in [4.69, 9.17) is 9.84 Å². The first kappa shape index (κ1) is 25.3. The molecule has 0 fully saturated rings. The summed E-state index contributed by atoms with van der Waals surface area (Å²) in [7, 11) is 0. The fourth-order valence-corrected chi connectivity index (χ4v) is 4.13. The topological polar surface area (TPSA) is 49.7 Å². The van der Waals surface area contributed by atoms with E-state index in [0.29, 0.717) is 5.75 Å². The summed E-state index contributed by atoms with van der Waals surface area (Å²) in [6.07, 6.45) is 15.1. The van der Waals surface area contributed by atoms with Crippen molar-refractivity contribution in [2.75, 3.05) is 6.61 Å². The number of aliphatic hydroxyl groups is 1.